The van der Waals surface area contributed by atoms with Crippen LogP contribution >= 0.6 is 11.6 Å². The molecule has 0 saturated heterocycles. The molecule has 0 aliphatic heterocycles. The van der Waals surface area contributed by atoms with Gasteiger partial charge in [-0.2, -0.15) is 0 Å². The summed E-state index contributed by atoms with van der Waals surface area (Å²) in [6.07, 6.45) is 0.418. The number of amides is 1. The molecule has 0 atom stereocenters. The summed E-state index contributed by atoms with van der Waals surface area (Å²) in [5.41, 5.74) is 0.478. The van der Waals surface area contributed by atoms with E-state index in [0.29, 0.717) is 28.6 Å². The minimum absolute atomic E-state index is 0.0739. The first-order valence-electron chi connectivity index (χ1n) is 5.98. The smallest absolute Gasteiger partial charge is 0.225 e. The van der Waals surface area contributed by atoms with Gasteiger partial charge in [-0.25, -0.2) is 0 Å². The Morgan fingerprint density at radius 1 is 1.21 bits per heavy atom. The third-order valence-electron chi connectivity index (χ3n) is 2.44. The fraction of sp³-hybridized carbons (Fsp3) is 0.500. The van der Waals surface area contributed by atoms with Crippen LogP contribution in [0.25, 0.3) is 0 Å². The maximum absolute atomic E-state index is 11.9. The highest BCUT2D eigenvalue weighted by Gasteiger charge is 2.18. The number of nitrogens with one attached hydrogen (secondary N) is 1. The Balaban J connectivity index is 2.96. The number of methoxy groups -OCH3 is 2. The van der Waals surface area contributed by atoms with Crippen LogP contribution in [0.15, 0.2) is 12.1 Å². The van der Waals surface area contributed by atoms with Crippen LogP contribution in [0, 0.1) is 5.41 Å². The Hall–Kier alpha value is -1.42. The minimum atomic E-state index is -0.0756. The summed E-state index contributed by atoms with van der Waals surface area (Å²) >= 11 is 6.01. The zero-order chi connectivity index (χ0) is 14.6. The molecule has 1 amide bonds. The number of benzene rings is 1. The van der Waals surface area contributed by atoms with E-state index in [1.807, 2.05) is 20.8 Å². The van der Waals surface area contributed by atoms with E-state index < -0.39 is 0 Å². The van der Waals surface area contributed by atoms with E-state index in [4.69, 9.17) is 21.1 Å². The van der Waals surface area contributed by atoms with Crippen molar-refractivity contribution in [2.24, 2.45) is 5.41 Å². The molecule has 1 rings (SSSR count). The van der Waals surface area contributed by atoms with Crippen molar-refractivity contribution in [1.82, 2.24) is 0 Å². The maximum Gasteiger partial charge on any atom is 0.225 e. The second-order valence-corrected chi connectivity index (χ2v) is 5.88. The van der Waals surface area contributed by atoms with Gasteiger partial charge in [0.05, 0.1) is 24.9 Å². The molecular formula is C14H20ClNO3. The molecule has 1 N–H and O–H groups in total. The van der Waals surface area contributed by atoms with Crippen molar-refractivity contribution in [2.75, 3.05) is 19.5 Å². The average Bonchev–Trinajstić information content (AvgIpc) is 2.28. The molecule has 19 heavy (non-hydrogen) atoms. The number of carbonyl (C=O) groups excluding carboxylic acids is 1. The number of rotatable bonds is 4. The molecule has 0 aliphatic carbocycles. The standard InChI is InChI=1S/C14H20ClNO3/c1-14(2,3)8-13(17)16-10-7-11(18-4)9(15)6-12(10)19-5/h6-7H,8H2,1-5H3,(H,16,17). The predicted molar refractivity (Wildman–Crippen MR) is 77.3 cm³/mol. The van der Waals surface area contributed by atoms with E-state index in [0.717, 1.165) is 0 Å². The van der Waals surface area contributed by atoms with Gasteiger partial charge < -0.3 is 14.8 Å². The third-order valence-corrected chi connectivity index (χ3v) is 2.73. The highest BCUT2D eigenvalue weighted by Crippen LogP contribution is 2.36. The lowest BCUT2D eigenvalue weighted by atomic mass is 9.92. The van der Waals surface area contributed by atoms with Gasteiger partial charge in [0.25, 0.3) is 0 Å². The molecule has 106 valence electrons. The fourth-order valence-corrected chi connectivity index (χ4v) is 1.87. The second-order valence-electron chi connectivity index (χ2n) is 5.47. The summed E-state index contributed by atoms with van der Waals surface area (Å²) in [7, 11) is 3.05. The molecule has 0 unspecified atom stereocenters. The van der Waals surface area contributed by atoms with Gasteiger partial charge in [0.1, 0.15) is 11.5 Å². The highest BCUT2D eigenvalue weighted by atomic mass is 35.5. The van der Waals surface area contributed by atoms with Gasteiger partial charge in [0.15, 0.2) is 0 Å². The van der Waals surface area contributed by atoms with Crippen LogP contribution < -0.4 is 14.8 Å². The van der Waals surface area contributed by atoms with Crippen LogP contribution in [-0.4, -0.2) is 20.1 Å². The van der Waals surface area contributed by atoms with Crippen molar-refractivity contribution >= 4 is 23.2 Å². The Labute approximate surface area is 119 Å². The number of halogens is 1. The number of anilines is 1. The van der Waals surface area contributed by atoms with E-state index in [1.54, 1.807) is 12.1 Å². The van der Waals surface area contributed by atoms with E-state index >= 15 is 0 Å². The minimum Gasteiger partial charge on any atom is -0.495 e. The van der Waals surface area contributed by atoms with Crippen LogP contribution in [0.1, 0.15) is 27.2 Å². The van der Waals surface area contributed by atoms with Crippen molar-refractivity contribution in [2.45, 2.75) is 27.2 Å². The van der Waals surface area contributed by atoms with Gasteiger partial charge in [-0.15, -0.1) is 0 Å². The highest BCUT2D eigenvalue weighted by molar-refractivity contribution is 6.32. The molecule has 0 spiro atoms. The summed E-state index contributed by atoms with van der Waals surface area (Å²) in [6.45, 7) is 6.02. The molecular weight excluding hydrogens is 266 g/mol. The van der Waals surface area contributed by atoms with E-state index in [1.165, 1.54) is 14.2 Å². The molecule has 0 aromatic heterocycles. The molecule has 0 heterocycles. The lowest BCUT2D eigenvalue weighted by Gasteiger charge is -2.18. The van der Waals surface area contributed by atoms with Gasteiger partial charge in [-0.05, 0) is 5.41 Å². The van der Waals surface area contributed by atoms with Crippen molar-refractivity contribution in [3.63, 3.8) is 0 Å². The monoisotopic (exact) mass is 285 g/mol. The molecule has 0 saturated carbocycles. The quantitative estimate of drug-likeness (QED) is 0.917. The van der Waals surface area contributed by atoms with Crippen LogP contribution in [0.2, 0.25) is 5.02 Å². The van der Waals surface area contributed by atoms with Gasteiger partial charge >= 0.3 is 0 Å². The first-order valence-corrected chi connectivity index (χ1v) is 6.36. The van der Waals surface area contributed by atoms with Gasteiger partial charge in [-0.1, -0.05) is 32.4 Å². The first-order chi connectivity index (χ1) is 8.76. The van der Waals surface area contributed by atoms with Crippen LogP contribution in [0.3, 0.4) is 0 Å². The summed E-state index contributed by atoms with van der Waals surface area (Å²) in [5, 5.41) is 3.26. The predicted octanol–water partition coefficient (Wildman–Crippen LogP) is 3.73. The van der Waals surface area contributed by atoms with Crippen LogP contribution in [0.5, 0.6) is 11.5 Å². The normalized spacial score (nSPS) is 11.1. The molecule has 5 heteroatoms. The lowest BCUT2D eigenvalue weighted by molar-refractivity contribution is -0.117. The molecule has 1 aromatic rings. The zero-order valence-electron chi connectivity index (χ0n) is 12.0. The molecule has 0 bridgehead atoms. The Bertz CT molecular complexity index is 466. The van der Waals surface area contributed by atoms with Crippen molar-refractivity contribution in [1.29, 1.82) is 0 Å². The Kier molecular flexibility index (Phi) is 5.06. The number of hydrogen-bond donors (Lipinski definition) is 1. The van der Waals surface area contributed by atoms with Crippen LogP contribution in [0.4, 0.5) is 5.69 Å². The maximum atomic E-state index is 11.9. The number of carbonyl (C=O) groups is 1. The summed E-state index contributed by atoms with van der Waals surface area (Å²) < 4.78 is 10.3. The Morgan fingerprint density at radius 3 is 2.26 bits per heavy atom. The first kappa shape index (κ1) is 15.6. The van der Waals surface area contributed by atoms with Crippen molar-refractivity contribution in [3.05, 3.63) is 17.2 Å². The molecule has 4 nitrogen and oxygen atoms in total. The molecule has 0 radical (unpaired) electrons. The number of hydrogen-bond acceptors (Lipinski definition) is 3. The van der Waals surface area contributed by atoms with E-state index in [-0.39, 0.29) is 11.3 Å². The van der Waals surface area contributed by atoms with Gasteiger partial charge in [0.2, 0.25) is 5.91 Å². The molecule has 0 fully saturated rings. The van der Waals surface area contributed by atoms with E-state index in [9.17, 15) is 4.79 Å². The van der Waals surface area contributed by atoms with Crippen LogP contribution in [-0.2, 0) is 4.79 Å². The zero-order valence-corrected chi connectivity index (χ0v) is 12.7. The fourth-order valence-electron chi connectivity index (χ4n) is 1.63. The Morgan fingerprint density at radius 2 is 1.79 bits per heavy atom. The van der Waals surface area contributed by atoms with E-state index in [2.05, 4.69) is 5.32 Å². The van der Waals surface area contributed by atoms with Gasteiger partial charge in [-0.3, -0.25) is 4.79 Å². The summed E-state index contributed by atoms with van der Waals surface area (Å²) in [4.78, 5) is 11.9. The average molecular weight is 286 g/mol. The topological polar surface area (TPSA) is 47.6 Å². The summed E-state index contributed by atoms with van der Waals surface area (Å²) in [6, 6.07) is 3.27. The lowest BCUT2D eigenvalue weighted by Crippen LogP contribution is -2.20. The SMILES string of the molecule is COc1cc(NC(=O)CC(C)(C)C)c(OC)cc1Cl. The molecule has 0 aliphatic rings. The number of ether oxygens (including phenoxy) is 2. The molecule has 1 aromatic carbocycles. The van der Waals surface area contributed by atoms with Crippen molar-refractivity contribution < 1.29 is 14.3 Å². The third kappa shape index (κ3) is 4.63. The van der Waals surface area contributed by atoms with Gasteiger partial charge in [0, 0.05) is 18.6 Å². The summed E-state index contributed by atoms with van der Waals surface area (Å²) in [5.74, 6) is 0.928. The largest absolute Gasteiger partial charge is 0.495 e. The van der Waals surface area contributed by atoms with Crippen molar-refractivity contribution in [3.8, 4) is 11.5 Å². The second kappa shape index (κ2) is 6.15.